The zero-order valence-corrected chi connectivity index (χ0v) is 23.1. The Labute approximate surface area is 241 Å². The molecule has 0 saturated carbocycles. The zero-order valence-electron chi connectivity index (χ0n) is 23.1. The third-order valence-electron chi connectivity index (χ3n) is 6.89. The van der Waals surface area contributed by atoms with Crippen LogP contribution in [0.4, 0.5) is 10.5 Å². The molecule has 2 amide bonds. The molecule has 1 aromatic heterocycles. The van der Waals surface area contributed by atoms with Crippen molar-refractivity contribution in [1.82, 2.24) is 15.2 Å². The molecular weight excluding hydrogens is 516 g/mol. The second kappa shape index (κ2) is 14.8. The van der Waals surface area contributed by atoms with Gasteiger partial charge in [0.2, 0.25) is 0 Å². The number of hydrogen-bond acceptors (Lipinski definition) is 6. The first-order valence-corrected chi connectivity index (χ1v) is 14.0. The summed E-state index contributed by atoms with van der Waals surface area (Å²) in [5.74, 6) is 1.64. The molecule has 1 aliphatic heterocycles. The molecule has 4 aromatic rings. The van der Waals surface area contributed by atoms with Gasteiger partial charge in [0.15, 0.2) is 0 Å². The number of nitrogens with zero attached hydrogens (tertiary/aromatic N) is 2. The first kappa shape index (κ1) is 28.1. The second-order valence-electron chi connectivity index (χ2n) is 9.75. The number of morpholine rings is 1. The van der Waals surface area contributed by atoms with Crippen molar-refractivity contribution in [2.75, 3.05) is 51.4 Å². The molecule has 3 aromatic carbocycles. The minimum Gasteiger partial charge on any atom is -0.493 e. The van der Waals surface area contributed by atoms with Gasteiger partial charge in [-0.15, -0.1) is 0 Å². The summed E-state index contributed by atoms with van der Waals surface area (Å²) in [6, 6.07) is 27.5. The van der Waals surface area contributed by atoms with Gasteiger partial charge in [-0.1, -0.05) is 48.5 Å². The molecule has 0 unspecified atom stereocenters. The van der Waals surface area contributed by atoms with Gasteiger partial charge in [0.1, 0.15) is 18.1 Å². The van der Waals surface area contributed by atoms with Crippen molar-refractivity contribution in [3.05, 3.63) is 108 Å². The molecule has 8 heteroatoms. The van der Waals surface area contributed by atoms with E-state index < -0.39 is 0 Å². The molecule has 2 heterocycles. The van der Waals surface area contributed by atoms with E-state index in [1.165, 1.54) is 5.56 Å². The quantitative estimate of drug-likeness (QED) is 0.245. The van der Waals surface area contributed by atoms with Gasteiger partial charge in [-0.3, -0.25) is 9.88 Å². The van der Waals surface area contributed by atoms with E-state index in [0.717, 1.165) is 67.5 Å². The van der Waals surface area contributed by atoms with Crippen molar-refractivity contribution in [2.24, 2.45) is 0 Å². The maximum atomic E-state index is 12.2. The number of ether oxygens (including phenoxy) is 3. The Balaban J connectivity index is 1.12. The van der Waals surface area contributed by atoms with Crippen LogP contribution in [0.25, 0.3) is 11.1 Å². The number of urea groups is 1. The van der Waals surface area contributed by atoms with Crippen molar-refractivity contribution < 1.29 is 19.0 Å². The van der Waals surface area contributed by atoms with Crippen LogP contribution in [-0.2, 0) is 17.7 Å². The molecule has 2 N–H and O–H groups in total. The standard InChI is InChI=1S/C33H36N4O4/c38-33(35-25-26-6-5-16-34-24-26)36-28-11-13-29(14-12-28)40-20-15-27-7-1-2-8-30(27)31-9-3-4-10-32(31)41-23-19-37-17-21-39-22-18-37/h1-14,16,24H,15,17-23,25H2,(H2,35,36,38). The van der Waals surface area contributed by atoms with Gasteiger partial charge in [0, 0.05) is 56.2 Å². The van der Waals surface area contributed by atoms with Crippen LogP contribution < -0.4 is 20.1 Å². The largest absolute Gasteiger partial charge is 0.493 e. The highest BCUT2D eigenvalue weighted by molar-refractivity contribution is 5.89. The summed E-state index contributed by atoms with van der Waals surface area (Å²) in [4.78, 5) is 18.6. The average Bonchev–Trinajstić information content (AvgIpc) is 3.02. The van der Waals surface area contributed by atoms with E-state index in [0.29, 0.717) is 25.4 Å². The highest BCUT2D eigenvalue weighted by atomic mass is 16.5. The lowest BCUT2D eigenvalue weighted by molar-refractivity contribution is 0.0323. The van der Waals surface area contributed by atoms with Crippen molar-refractivity contribution in [3.63, 3.8) is 0 Å². The third kappa shape index (κ3) is 8.54. The van der Waals surface area contributed by atoms with Crippen LogP contribution in [-0.4, -0.2) is 62.0 Å². The molecular formula is C33H36N4O4. The van der Waals surface area contributed by atoms with Crippen LogP contribution in [0.5, 0.6) is 11.5 Å². The lowest BCUT2D eigenvalue weighted by Crippen LogP contribution is -2.38. The average molecular weight is 553 g/mol. The van der Waals surface area contributed by atoms with Gasteiger partial charge >= 0.3 is 6.03 Å². The first-order chi connectivity index (χ1) is 20.2. The van der Waals surface area contributed by atoms with E-state index >= 15 is 0 Å². The number of carbonyl (C=O) groups is 1. The highest BCUT2D eigenvalue weighted by Gasteiger charge is 2.13. The Morgan fingerprint density at radius 3 is 2.44 bits per heavy atom. The number of pyridine rings is 1. The molecule has 0 radical (unpaired) electrons. The second-order valence-corrected chi connectivity index (χ2v) is 9.75. The smallest absolute Gasteiger partial charge is 0.319 e. The maximum absolute atomic E-state index is 12.2. The molecule has 1 aliphatic rings. The summed E-state index contributed by atoms with van der Waals surface area (Å²) in [5.41, 5.74) is 5.06. The number of benzene rings is 3. The van der Waals surface area contributed by atoms with Crippen molar-refractivity contribution in [2.45, 2.75) is 13.0 Å². The monoisotopic (exact) mass is 552 g/mol. The van der Waals surface area contributed by atoms with Gasteiger partial charge < -0.3 is 24.8 Å². The highest BCUT2D eigenvalue weighted by Crippen LogP contribution is 2.32. The Morgan fingerprint density at radius 2 is 1.63 bits per heavy atom. The molecule has 212 valence electrons. The van der Waals surface area contributed by atoms with Crippen molar-refractivity contribution in [1.29, 1.82) is 0 Å². The topological polar surface area (TPSA) is 85.0 Å². The van der Waals surface area contributed by atoms with E-state index in [2.05, 4.69) is 50.8 Å². The molecule has 8 nitrogen and oxygen atoms in total. The van der Waals surface area contributed by atoms with Crippen molar-refractivity contribution in [3.8, 4) is 22.6 Å². The number of aromatic nitrogens is 1. The minimum absolute atomic E-state index is 0.274. The van der Waals surface area contributed by atoms with Gasteiger partial charge in [-0.05, 0) is 53.1 Å². The summed E-state index contributed by atoms with van der Waals surface area (Å²) in [5, 5.41) is 5.67. The summed E-state index contributed by atoms with van der Waals surface area (Å²) in [7, 11) is 0. The summed E-state index contributed by atoms with van der Waals surface area (Å²) >= 11 is 0. The Morgan fingerprint density at radius 1 is 0.854 bits per heavy atom. The number of amides is 2. The summed E-state index contributed by atoms with van der Waals surface area (Å²) in [6.45, 7) is 5.94. The minimum atomic E-state index is -0.274. The van der Waals surface area contributed by atoms with Crippen LogP contribution in [0.2, 0.25) is 0 Å². The molecule has 1 saturated heterocycles. The van der Waals surface area contributed by atoms with Gasteiger partial charge in [0.25, 0.3) is 0 Å². The maximum Gasteiger partial charge on any atom is 0.319 e. The number of nitrogens with one attached hydrogen (secondary N) is 2. The molecule has 0 bridgehead atoms. The van der Waals surface area contributed by atoms with E-state index in [1.807, 2.05) is 54.6 Å². The van der Waals surface area contributed by atoms with Gasteiger partial charge in [-0.25, -0.2) is 4.79 Å². The SMILES string of the molecule is O=C(NCc1cccnc1)Nc1ccc(OCCc2ccccc2-c2ccccc2OCCN2CCOCC2)cc1. The fourth-order valence-electron chi connectivity index (χ4n) is 4.70. The Kier molecular flexibility index (Phi) is 10.2. The molecule has 0 spiro atoms. The van der Waals surface area contributed by atoms with Crippen LogP contribution in [0, 0.1) is 0 Å². The molecule has 5 rings (SSSR count). The summed E-state index contributed by atoms with van der Waals surface area (Å²) < 4.78 is 17.7. The fourth-order valence-corrected chi connectivity index (χ4v) is 4.70. The molecule has 1 fully saturated rings. The van der Waals surface area contributed by atoms with Crippen LogP contribution in [0.1, 0.15) is 11.1 Å². The lowest BCUT2D eigenvalue weighted by atomic mass is 9.97. The number of carbonyl (C=O) groups excluding carboxylic acids is 1. The van der Waals surface area contributed by atoms with Crippen LogP contribution in [0.15, 0.2) is 97.3 Å². The number of hydrogen-bond donors (Lipinski definition) is 2. The first-order valence-electron chi connectivity index (χ1n) is 14.0. The fraction of sp³-hybridized carbons (Fsp3) is 0.273. The van der Waals surface area contributed by atoms with E-state index in [-0.39, 0.29) is 6.03 Å². The predicted octanol–water partition coefficient (Wildman–Crippen LogP) is 5.40. The van der Waals surface area contributed by atoms with E-state index in [4.69, 9.17) is 14.2 Å². The zero-order chi connectivity index (χ0) is 28.1. The number of anilines is 1. The Hall–Kier alpha value is -4.40. The number of para-hydroxylation sites is 1. The number of rotatable bonds is 12. The van der Waals surface area contributed by atoms with Crippen LogP contribution >= 0.6 is 0 Å². The Bertz CT molecular complexity index is 1380. The third-order valence-corrected chi connectivity index (χ3v) is 6.89. The predicted molar refractivity (Wildman–Crippen MR) is 160 cm³/mol. The molecule has 0 aliphatic carbocycles. The van der Waals surface area contributed by atoms with Crippen LogP contribution in [0.3, 0.4) is 0 Å². The lowest BCUT2D eigenvalue weighted by Gasteiger charge is -2.26. The van der Waals surface area contributed by atoms with E-state index in [1.54, 1.807) is 12.4 Å². The van der Waals surface area contributed by atoms with Gasteiger partial charge in [0.05, 0.1) is 19.8 Å². The normalized spacial score (nSPS) is 13.4. The molecule has 41 heavy (non-hydrogen) atoms. The van der Waals surface area contributed by atoms with Crippen molar-refractivity contribution >= 4 is 11.7 Å². The van der Waals surface area contributed by atoms with Gasteiger partial charge in [-0.2, -0.15) is 0 Å². The summed E-state index contributed by atoms with van der Waals surface area (Å²) in [6.07, 6.45) is 4.18. The van der Waals surface area contributed by atoms with E-state index in [9.17, 15) is 4.79 Å². The molecule has 0 atom stereocenters.